The van der Waals surface area contributed by atoms with Crippen LogP contribution >= 0.6 is 0 Å². The Labute approximate surface area is 65.8 Å². The van der Waals surface area contributed by atoms with Crippen molar-refractivity contribution in [2.45, 2.75) is 13.3 Å². The topological polar surface area (TPSA) is 92.8 Å². The van der Waals surface area contributed by atoms with Gasteiger partial charge in [-0.05, 0) is 13.3 Å². The Balaban J connectivity index is 0. The Hall–Kier alpha value is -0.810. The third-order valence-electron chi connectivity index (χ3n) is 0.603. The van der Waals surface area contributed by atoms with Gasteiger partial charge in [0.1, 0.15) is 0 Å². The summed E-state index contributed by atoms with van der Waals surface area (Å²) in [5.74, 6) is 0. The predicted molar refractivity (Wildman–Crippen MR) is 40.0 cm³/mol. The van der Waals surface area contributed by atoms with Crippen LogP contribution < -0.4 is 5.73 Å². The lowest BCUT2D eigenvalue weighted by Crippen LogP contribution is -2.11. The maximum atomic E-state index is 9.60. The molecule has 0 spiro atoms. The van der Waals surface area contributed by atoms with Gasteiger partial charge in [-0.25, -0.2) is 4.79 Å². The van der Waals surface area contributed by atoms with E-state index in [4.69, 9.17) is 10.2 Å². The molecule has 11 heavy (non-hydrogen) atoms. The van der Waals surface area contributed by atoms with Crippen molar-refractivity contribution in [1.29, 1.82) is 0 Å². The van der Waals surface area contributed by atoms with E-state index in [1.54, 1.807) is 6.92 Å². The molecule has 0 aliphatic rings. The highest BCUT2D eigenvalue weighted by molar-refractivity contribution is 5.64. The molecule has 0 fully saturated rings. The average Bonchev–Trinajstić information content (AvgIpc) is 1.90. The molecule has 0 aliphatic carbocycles. The number of nitrogens with two attached hydrogens (primary N) is 1. The molecule has 0 rings (SSSR count). The van der Waals surface area contributed by atoms with Gasteiger partial charge >= 0.3 is 6.09 Å². The number of hydrogen-bond donors (Lipinski definition) is 3. The van der Waals surface area contributed by atoms with Crippen molar-refractivity contribution in [2.75, 3.05) is 19.8 Å². The molecule has 0 bridgehead atoms. The highest BCUT2D eigenvalue weighted by Crippen LogP contribution is 1.66. The van der Waals surface area contributed by atoms with Gasteiger partial charge in [0.15, 0.2) is 0 Å². The maximum absolute atomic E-state index is 9.60. The highest BCUT2D eigenvalue weighted by Gasteiger charge is 1.82. The summed E-state index contributed by atoms with van der Waals surface area (Å²) in [5, 5.41) is 15.8. The van der Waals surface area contributed by atoms with Crippen LogP contribution in [0.25, 0.3) is 0 Å². The van der Waals surface area contributed by atoms with Crippen LogP contribution in [0, 0.1) is 0 Å². The molecule has 0 heterocycles. The molecule has 0 atom stereocenters. The fourth-order valence-electron chi connectivity index (χ4n) is 0.213. The summed E-state index contributed by atoms with van der Waals surface area (Å²) in [7, 11) is 0. The van der Waals surface area contributed by atoms with Gasteiger partial charge in [0.25, 0.3) is 0 Å². The van der Waals surface area contributed by atoms with Crippen molar-refractivity contribution < 1.29 is 19.7 Å². The Bertz CT molecular complexity index is 84.7. The van der Waals surface area contributed by atoms with E-state index in [1.165, 1.54) is 0 Å². The fourth-order valence-corrected chi connectivity index (χ4v) is 0.213. The third kappa shape index (κ3) is 27.1. The Kier molecular flexibility index (Phi) is 13.9. The number of carbonyl (C=O) groups excluding carboxylic acids is 1. The number of aliphatic hydroxyl groups is 2. The lowest BCUT2D eigenvalue weighted by molar-refractivity contribution is 0.163. The van der Waals surface area contributed by atoms with Gasteiger partial charge in [0, 0.05) is 13.2 Å². The smallest absolute Gasteiger partial charge is 0.404 e. The SMILES string of the molecule is CCOC(N)=O.OCCCO. The molecule has 0 saturated carbocycles. The van der Waals surface area contributed by atoms with Crippen LogP contribution in [-0.2, 0) is 4.74 Å². The zero-order valence-corrected chi connectivity index (χ0v) is 6.62. The largest absolute Gasteiger partial charge is 0.450 e. The molecule has 0 aliphatic heterocycles. The van der Waals surface area contributed by atoms with Crippen LogP contribution in [0.1, 0.15) is 13.3 Å². The molecule has 4 N–H and O–H groups in total. The number of aliphatic hydroxyl groups excluding tert-OH is 2. The van der Waals surface area contributed by atoms with Gasteiger partial charge in [-0.1, -0.05) is 0 Å². The van der Waals surface area contributed by atoms with Gasteiger partial charge in [-0.15, -0.1) is 0 Å². The first kappa shape index (κ1) is 12.8. The van der Waals surface area contributed by atoms with E-state index in [2.05, 4.69) is 10.5 Å². The molecule has 0 aromatic heterocycles. The minimum Gasteiger partial charge on any atom is -0.450 e. The zero-order chi connectivity index (χ0) is 9.11. The Morgan fingerprint density at radius 1 is 1.45 bits per heavy atom. The standard InChI is InChI=1S/C3H7NO2.C3H8O2/c1-2-6-3(4)5;4-2-1-3-5/h2H2,1H3,(H2,4,5);4-5H,1-3H2. The number of amides is 1. The van der Waals surface area contributed by atoms with E-state index >= 15 is 0 Å². The molecule has 5 nitrogen and oxygen atoms in total. The second-order valence-electron chi connectivity index (χ2n) is 1.55. The van der Waals surface area contributed by atoms with Crippen molar-refractivity contribution in [3.05, 3.63) is 0 Å². The van der Waals surface area contributed by atoms with Crippen molar-refractivity contribution in [1.82, 2.24) is 0 Å². The van der Waals surface area contributed by atoms with Crippen LogP contribution in [0.15, 0.2) is 0 Å². The van der Waals surface area contributed by atoms with E-state index < -0.39 is 6.09 Å². The van der Waals surface area contributed by atoms with Crippen LogP contribution in [0.4, 0.5) is 4.79 Å². The average molecular weight is 165 g/mol. The van der Waals surface area contributed by atoms with E-state index in [-0.39, 0.29) is 13.2 Å². The first-order valence-corrected chi connectivity index (χ1v) is 3.33. The Morgan fingerprint density at radius 2 is 1.91 bits per heavy atom. The van der Waals surface area contributed by atoms with Gasteiger partial charge < -0.3 is 20.7 Å². The first-order valence-electron chi connectivity index (χ1n) is 3.33. The van der Waals surface area contributed by atoms with Crippen molar-refractivity contribution in [3.63, 3.8) is 0 Å². The molecule has 0 unspecified atom stereocenters. The van der Waals surface area contributed by atoms with Gasteiger partial charge in [-0.3, -0.25) is 0 Å². The molecule has 68 valence electrons. The summed E-state index contributed by atoms with van der Waals surface area (Å²) in [6.07, 6.45) is -0.211. The van der Waals surface area contributed by atoms with Crippen LogP contribution in [-0.4, -0.2) is 36.1 Å². The molecular weight excluding hydrogens is 150 g/mol. The summed E-state index contributed by atoms with van der Waals surface area (Å²) in [6, 6.07) is 0. The monoisotopic (exact) mass is 165 g/mol. The van der Waals surface area contributed by atoms with Gasteiger partial charge in [0.05, 0.1) is 6.61 Å². The molecule has 0 aromatic carbocycles. The lowest BCUT2D eigenvalue weighted by Gasteiger charge is -1.89. The van der Waals surface area contributed by atoms with Crippen molar-refractivity contribution in [2.24, 2.45) is 5.73 Å². The highest BCUT2D eigenvalue weighted by atomic mass is 16.5. The molecule has 5 heteroatoms. The fraction of sp³-hybridized carbons (Fsp3) is 0.833. The summed E-state index contributed by atoms with van der Waals surface area (Å²) in [4.78, 5) is 9.60. The summed E-state index contributed by atoms with van der Waals surface area (Å²) < 4.78 is 4.18. The van der Waals surface area contributed by atoms with Crippen molar-refractivity contribution in [3.8, 4) is 0 Å². The molecule has 0 aromatic rings. The minimum atomic E-state index is -0.711. The number of carbonyl (C=O) groups is 1. The minimum absolute atomic E-state index is 0.0938. The van der Waals surface area contributed by atoms with Crippen LogP contribution in [0.3, 0.4) is 0 Å². The van der Waals surface area contributed by atoms with E-state index in [0.29, 0.717) is 13.0 Å². The third-order valence-corrected chi connectivity index (χ3v) is 0.603. The normalized spacial score (nSPS) is 7.91. The molecule has 0 saturated heterocycles. The maximum Gasteiger partial charge on any atom is 0.404 e. The summed E-state index contributed by atoms with van der Waals surface area (Å²) in [6.45, 7) is 2.24. The number of rotatable bonds is 3. The molecular formula is C6H15NO4. The summed E-state index contributed by atoms with van der Waals surface area (Å²) >= 11 is 0. The predicted octanol–water partition coefficient (Wildman–Crippen LogP) is -0.537. The number of hydrogen-bond acceptors (Lipinski definition) is 4. The van der Waals surface area contributed by atoms with E-state index in [0.717, 1.165) is 0 Å². The van der Waals surface area contributed by atoms with Crippen LogP contribution in [0.2, 0.25) is 0 Å². The van der Waals surface area contributed by atoms with Gasteiger partial charge in [-0.2, -0.15) is 0 Å². The van der Waals surface area contributed by atoms with Crippen molar-refractivity contribution >= 4 is 6.09 Å². The Morgan fingerprint density at radius 3 is 1.91 bits per heavy atom. The zero-order valence-electron chi connectivity index (χ0n) is 6.62. The molecule has 1 amide bonds. The second-order valence-corrected chi connectivity index (χ2v) is 1.55. The number of primary amides is 1. The van der Waals surface area contributed by atoms with Gasteiger partial charge in [0.2, 0.25) is 0 Å². The van der Waals surface area contributed by atoms with Crippen LogP contribution in [0.5, 0.6) is 0 Å². The van der Waals surface area contributed by atoms with E-state index in [9.17, 15) is 4.79 Å². The number of ether oxygens (including phenoxy) is 1. The second kappa shape index (κ2) is 11.9. The van der Waals surface area contributed by atoms with E-state index in [1.807, 2.05) is 0 Å². The molecule has 0 radical (unpaired) electrons. The quantitative estimate of drug-likeness (QED) is 0.523. The first-order chi connectivity index (χ1) is 5.18. The summed E-state index contributed by atoms with van der Waals surface area (Å²) in [5.41, 5.74) is 4.54. The lowest BCUT2D eigenvalue weighted by atomic mass is 10.5.